The van der Waals surface area contributed by atoms with Crippen LogP contribution in [0.25, 0.3) is 10.9 Å². The number of benzene rings is 1. The van der Waals surface area contributed by atoms with Crippen molar-refractivity contribution in [1.29, 1.82) is 0 Å². The molecule has 3 rings (SSSR count). The first-order valence-corrected chi connectivity index (χ1v) is 6.70. The highest BCUT2D eigenvalue weighted by molar-refractivity contribution is 9.10. The summed E-state index contributed by atoms with van der Waals surface area (Å²) >= 11 is 3.49. The lowest BCUT2D eigenvalue weighted by atomic mass is 10.1. The third-order valence-electron chi connectivity index (χ3n) is 3.19. The van der Waals surface area contributed by atoms with Crippen LogP contribution >= 0.6 is 15.9 Å². The molecule has 0 aliphatic carbocycles. The highest BCUT2D eigenvalue weighted by atomic mass is 79.9. The molecule has 4 heteroatoms. The van der Waals surface area contributed by atoms with Crippen molar-refractivity contribution in [2.75, 3.05) is 6.54 Å². The van der Waals surface area contributed by atoms with E-state index < -0.39 is 0 Å². The molecular weight excluding hydrogens is 278 g/mol. The number of aromatic nitrogens is 2. The van der Waals surface area contributed by atoms with Gasteiger partial charge in [0.25, 0.3) is 0 Å². The van der Waals surface area contributed by atoms with Crippen molar-refractivity contribution in [1.82, 2.24) is 15.3 Å². The summed E-state index contributed by atoms with van der Waals surface area (Å²) in [6.45, 7) is 3.05. The summed E-state index contributed by atoms with van der Waals surface area (Å²) in [5.41, 5.74) is 2.17. The smallest absolute Gasteiger partial charge is 0.126 e. The molecule has 1 aliphatic rings. The summed E-state index contributed by atoms with van der Waals surface area (Å²) in [5, 5.41) is 4.67. The van der Waals surface area contributed by atoms with E-state index in [4.69, 9.17) is 0 Å². The minimum absolute atomic E-state index is 0.389. The lowest BCUT2D eigenvalue weighted by molar-refractivity contribution is 0.630. The standard InChI is InChI=1S/C13H14BrN3/c1-8-16-12-7-9(14)4-5-10(12)13(17-8)11-3-2-6-15-11/h4-5,7,11,15H,2-3,6H2,1H3. The quantitative estimate of drug-likeness (QED) is 0.877. The minimum Gasteiger partial charge on any atom is -0.309 e. The molecule has 88 valence electrons. The largest absolute Gasteiger partial charge is 0.309 e. The SMILES string of the molecule is Cc1nc(C2CCCN2)c2ccc(Br)cc2n1. The molecule has 2 heterocycles. The van der Waals surface area contributed by atoms with Gasteiger partial charge in [0.2, 0.25) is 0 Å². The minimum atomic E-state index is 0.389. The van der Waals surface area contributed by atoms with Crippen molar-refractivity contribution in [2.45, 2.75) is 25.8 Å². The van der Waals surface area contributed by atoms with Crippen molar-refractivity contribution < 1.29 is 0 Å². The molecule has 1 aliphatic heterocycles. The van der Waals surface area contributed by atoms with E-state index in [2.05, 4.69) is 49.4 Å². The third-order valence-corrected chi connectivity index (χ3v) is 3.68. The average molecular weight is 292 g/mol. The van der Waals surface area contributed by atoms with E-state index in [0.29, 0.717) is 6.04 Å². The number of hydrogen-bond donors (Lipinski definition) is 1. The van der Waals surface area contributed by atoms with Gasteiger partial charge in [-0.2, -0.15) is 0 Å². The Balaban J connectivity index is 2.21. The van der Waals surface area contributed by atoms with Gasteiger partial charge in [-0.05, 0) is 44.5 Å². The van der Waals surface area contributed by atoms with Gasteiger partial charge in [0.15, 0.2) is 0 Å². The summed E-state index contributed by atoms with van der Waals surface area (Å²) in [5.74, 6) is 0.847. The predicted octanol–water partition coefficient (Wildman–Crippen LogP) is 3.13. The summed E-state index contributed by atoms with van der Waals surface area (Å²) in [6, 6.07) is 6.61. The first-order chi connectivity index (χ1) is 8.24. The summed E-state index contributed by atoms with van der Waals surface area (Å²) in [6.07, 6.45) is 2.40. The van der Waals surface area contributed by atoms with E-state index in [-0.39, 0.29) is 0 Å². The van der Waals surface area contributed by atoms with Crippen LogP contribution in [0, 0.1) is 6.92 Å². The van der Waals surface area contributed by atoms with E-state index in [1.165, 1.54) is 18.2 Å². The fourth-order valence-corrected chi connectivity index (χ4v) is 2.78. The van der Waals surface area contributed by atoms with Crippen LogP contribution < -0.4 is 5.32 Å². The maximum atomic E-state index is 4.62. The normalized spacial score (nSPS) is 20.0. The molecule has 0 spiro atoms. The number of hydrogen-bond acceptors (Lipinski definition) is 3. The van der Waals surface area contributed by atoms with Crippen LogP contribution in [-0.4, -0.2) is 16.5 Å². The number of fused-ring (bicyclic) bond motifs is 1. The van der Waals surface area contributed by atoms with Gasteiger partial charge in [0.1, 0.15) is 5.82 Å². The van der Waals surface area contributed by atoms with Crippen molar-refractivity contribution >= 4 is 26.8 Å². The van der Waals surface area contributed by atoms with Gasteiger partial charge < -0.3 is 5.32 Å². The van der Waals surface area contributed by atoms with Crippen molar-refractivity contribution in [2.24, 2.45) is 0 Å². The van der Waals surface area contributed by atoms with Crippen LogP contribution in [0.4, 0.5) is 0 Å². The summed E-state index contributed by atoms with van der Waals surface area (Å²) in [7, 11) is 0. The number of halogens is 1. The highest BCUT2D eigenvalue weighted by Crippen LogP contribution is 2.28. The zero-order valence-corrected chi connectivity index (χ0v) is 11.3. The van der Waals surface area contributed by atoms with E-state index >= 15 is 0 Å². The molecule has 1 saturated heterocycles. The maximum absolute atomic E-state index is 4.62. The van der Waals surface area contributed by atoms with Gasteiger partial charge in [0.05, 0.1) is 17.3 Å². The number of aryl methyl sites for hydroxylation is 1. The Bertz CT molecular complexity index is 557. The number of nitrogens with one attached hydrogen (secondary N) is 1. The molecule has 2 aromatic rings. The van der Waals surface area contributed by atoms with Crippen LogP contribution in [0.15, 0.2) is 22.7 Å². The van der Waals surface area contributed by atoms with Gasteiger partial charge >= 0.3 is 0 Å². The second-order valence-corrected chi connectivity index (χ2v) is 5.38. The number of rotatable bonds is 1. The number of nitrogens with zero attached hydrogens (tertiary/aromatic N) is 2. The Morgan fingerprint density at radius 3 is 3.00 bits per heavy atom. The summed E-state index contributed by atoms with van der Waals surface area (Å²) in [4.78, 5) is 9.12. The molecular formula is C13H14BrN3. The van der Waals surface area contributed by atoms with Gasteiger partial charge in [-0.25, -0.2) is 9.97 Å². The molecule has 3 nitrogen and oxygen atoms in total. The molecule has 1 aromatic heterocycles. The molecule has 0 radical (unpaired) electrons. The molecule has 0 saturated carbocycles. The van der Waals surface area contributed by atoms with Gasteiger partial charge in [-0.15, -0.1) is 0 Å². The van der Waals surface area contributed by atoms with Crippen LogP contribution in [0.3, 0.4) is 0 Å². The molecule has 17 heavy (non-hydrogen) atoms. The van der Waals surface area contributed by atoms with E-state index in [1.54, 1.807) is 0 Å². The van der Waals surface area contributed by atoms with Crippen LogP contribution in [-0.2, 0) is 0 Å². The van der Waals surface area contributed by atoms with E-state index in [1.807, 2.05) is 6.92 Å². The molecule has 1 N–H and O–H groups in total. The second-order valence-electron chi connectivity index (χ2n) is 4.47. The van der Waals surface area contributed by atoms with Crippen molar-refractivity contribution in [3.63, 3.8) is 0 Å². The molecule has 1 atom stereocenters. The fraction of sp³-hybridized carbons (Fsp3) is 0.385. The van der Waals surface area contributed by atoms with E-state index in [0.717, 1.165) is 28.1 Å². The van der Waals surface area contributed by atoms with Gasteiger partial charge in [0, 0.05) is 9.86 Å². The fourth-order valence-electron chi connectivity index (χ4n) is 2.43. The lowest BCUT2D eigenvalue weighted by Gasteiger charge is -2.13. The third kappa shape index (κ3) is 2.07. The Morgan fingerprint density at radius 2 is 2.24 bits per heavy atom. The second kappa shape index (κ2) is 4.35. The van der Waals surface area contributed by atoms with Crippen LogP contribution in [0.2, 0.25) is 0 Å². The van der Waals surface area contributed by atoms with Crippen LogP contribution in [0.5, 0.6) is 0 Å². The molecule has 1 aromatic carbocycles. The first-order valence-electron chi connectivity index (χ1n) is 5.91. The zero-order chi connectivity index (χ0) is 11.8. The zero-order valence-electron chi connectivity index (χ0n) is 9.70. The average Bonchev–Trinajstić information content (AvgIpc) is 2.80. The Labute approximate surface area is 109 Å². The molecule has 0 bridgehead atoms. The van der Waals surface area contributed by atoms with E-state index in [9.17, 15) is 0 Å². The predicted molar refractivity (Wildman–Crippen MR) is 72.0 cm³/mol. The molecule has 0 amide bonds. The van der Waals surface area contributed by atoms with Gasteiger partial charge in [-0.1, -0.05) is 15.9 Å². The van der Waals surface area contributed by atoms with Gasteiger partial charge in [-0.3, -0.25) is 0 Å². The topological polar surface area (TPSA) is 37.8 Å². The Morgan fingerprint density at radius 1 is 1.35 bits per heavy atom. The monoisotopic (exact) mass is 291 g/mol. The Kier molecular flexibility index (Phi) is 2.84. The highest BCUT2D eigenvalue weighted by Gasteiger charge is 2.20. The van der Waals surface area contributed by atoms with Crippen molar-refractivity contribution in [3.05, 3.63) is 34.2 Å². The van der Waals surface area contributed by atoms with Crippen LogP contribution in [0.1, 0.15) is 30.4 Å². The molecule has 1 unspecified atom stereocenters. The van der Waals surface area contributed by atoms with Crippen molar-refractivity contribution in [3.8, 4) is 0 Å². The molecule has 1 fully saturated rings. The summed E-state index contributed by atoms with van der Waals surface area (Å²) < 4.78 is 1.06. The Hall–Kier alpha value is -1.00. The lowest BCUT2D eigenvalue weighted by Crippen LogP contribution is -2.15. The maximum Gasteiger partial charge on any atom is 0.126 e. The first kappa shape index (κ1) is 11.1.